The minimum Gasteiger partial charge on any atom is -0.457 e. The minimum absolute atomic E-state index is 0.0942. The number of pyridine rings is 2. The van der Waals surface area contributed by atoms with Crippen LogP contribution in [-0.4, -0.2) is 54.6 Å². The molecule has 1 amide bonds. The van der Waals surface area contributed by atoms with Crippen LogP contribution in [0.4, 0.5) is 21.7 Å². The molecule has 0 aliphatic carbocycles. The molecule has 11 nitrogen and oxygen atoms in total. The number of carbonyl (C=O) groups is 1. The van der Waals surface area contributed by atoms with E-state index in [2.05, 4.69) is 42.2 Å². The van der Waals surface area contributed by atoms with Crippen LogP contribution in [0.25, 0.3) is 16.7 Å². The van der Waals surface area contributed by atoms with Crippen LogP contribution in [0.15, 0.2) is 67.9 Å². The Kier molecular flexibility index (Phi) is 7.11. The Morgan fingerprint density at radius 1 is 1.17 bits per heavy atom. The highest BCUT2D eigenvalue weighted by Gasteiger charge is 2.25. The van der Waals surface area contributed by atoms with Gasteiger partial charge in [-0.05, 0) is 62.6 Å². The highest BCUT2D eigenvalue weighted by molar-refractivity contribution is 5.88. The van der Waals surface area contributed by atoms with Crippen LogP contribution in [0, 0.1) is 12.7 Å². The van der Waals surface area contributed by atoms with E-state index in [4.69, 9.17) is 9.72 Å². The van der Waals surface area contributed by atoms with Crippen molar-refractivity contribution in [3.8, 4) is 11.5 Å². The van der Waals surface area contributed by atoms with E-state index in [9.17, 15) is 4.79 Å². The number of rotatable bonds is 8. The van der Waals surface area contributed by atoms with Crippen molar-refractivity contribution in [1.82, 2.24) is 34.9 Å². The van der Waals surface area contributed by atoms with Gasteiger partial charge in [0.05, 0.1) is 11.2 Å². The van der Waals surface area contributed by atoms with Crippen molar-refractivity contribution in [3.05, 3.63) is 79.3 Å². The zero-order valence-electron chi connectivity index (χ0n) is 22.4. The van der Waals surface area contributed by atoms with Gasteiger partial charge in [-0.25, -0.2) is 28.8 Å². The number of fused-ring (bicyclic) bond motifs is 2. The van der Waals surface area contributed by atoms with Crippen molar-refractivity contribution in [1.29, 1.82) is 0 Å². The predicted octanol–water partition coefficient (Wildman–Crippen LogP) is 4.71. The maximum absolute atomic E-state index is 15.6. The predicted molar refractivity (Wildman–Crippen MR) is 153 cm³/mol. The molecule has 1 fully saturated rings. The first kappa shape index (κ1) is 26.1. The number of amides is 1. The van der Waals surface area contributed by atoms with E-state index < -0.39 is 5.82 Å². The summed E-state index contributed by atoms with van der Waals surface area (Å²) in [6.07, 6.45) is 8.89. The summed E-state index contributed by atoms with van der Waals surface area (Å²) in [6, 6.07) is 10.7. The molecule has 1 atom stereocenters. The molecule has 2 N–H and O–H groups in total. The average molecular weight is 554 g/mol. The maximum Gasteiger partial charge on any atom is 0.243 e. The molecule has 0 unspecified atom stereocenters. The van der Waals surface area contributed by atoms with Gasteiger partial charge in [0.2, 0.25) is 5.91 Å². The number of halogens is 1. The molecule has 1 saturated heterocycles. The van der Waals surface area contributed by atoms with E-state index in [-0.39, 0.29) is 17.6 Å². The number of carbonyl (C=O) groups excluding carboxylic acids is 1. The van der Waals surface area contributed by atoms with Crippen molar-refractivity contribution >= 4 is 39.9 Å². The molecule has 0 spiro atoms. The van der Waals surface area contributed by atoms with E-state index in [1.165, 1.54) is 18.7 Å². The highest BCUT2D eigenvalue weighted by Crippen LogP contribution is 2.33. The fourth-order valence-electron chi connectivity index (χ4n) is 4.98. The normalized spacial score (nSPS) is 15.2. The van der Waals surface area contributed by atoms with Gasteiger partial charge in [-0.3, -0.25) is 4.79 Å². The second kappa shape index (κ2) is 11.2. The maximum atomic E-state index is 15.6. The third-order valence-electron chi connectivity index (χ3n) is 7.16. The Bertz CT molecular complexity index is 1760. The van der Waals surface area contributed by atoms with Crippen LogP contribution >= 0.6 is 0 Å². The number of nitrogens with zero attached hydrogens (tertiary/aromatic N) is 7. The van der Waals surface area contributed by atoms with E-state index >= 15 is 4.39 Å². The summed E-state index contributed by atoms with van der Waals surface area (Å²) in [5.74, 6) is 1.36. The summed E-state index contributed by atoms with van der Waals surface area (Å²) in [4.78, 5) is 31.7. The topological polar surface area (TPSA) is 122 Å². The largest absolute Gasteiger partial charge is 0.457 e. The standard InChI is InChI=1S/C29H28FN9O2/c1-3-26(40)31-15-19-6-4-5-12-38(19)24-10-8-22-28(37-24)29(34-16-32-22)36-21-7-9-23(18(2)27(21)30)41-20-11-13-39-25(14-20)33-17-35-39/h3,7-11,13-14,16-17,19H,1,4-6,12,15H2,2H3,(H,31,40)(H,32,34,36)/t19-/m1/s1. The number of nitrogens with one attached hydrogen (secondary N) is 2. The lowest BCUT2D eigenvalue weighted by molar-refractivity contribution is -0.116. The molecule has 0 bridgehead atoms. The molecule has 41 heavy (non-hydrogen) atoms. The summed E-state index contributed by atoms with van der Waals surface area (Å²) in [5.41, 5.74) is 2.34. The Morgan fingerprint density at radius 3 is 2.95 bits per heavy atom. The molecule has 4 aromatic heterocycles. The molecule has 12 heteroatoms. The summed E-state index contributed by atoms with van der Waals surface area (Å²) in [5, 5.41) is 10.1. The SMILES string of the molecule is C=CC(=O)NC[C@H]1CCCCN1c1ccc2ncnc(Nc3ccc(Oc4ccn5ncnc5c4)c(C)c3F)c2n1. The molecule has 208 valence electrons. The molecule has 1 aliphatic rings. The van der Waals surface area contributed by atoms with Crippen molar-refractivity contribution in [3.63, 3.8) is 0 Å². The lowest BCUT2D eigenvalue weighted by Gasteiger charge is -2.36. The lowest BCUT2D eigenvalue weighted by atomic mass is 10.0. The number of hydrogen-bond donors (Lipinski definition) is 2. The summed E-state index contributed by atoms with van der Waals surface area (Å²) in [7, 11) is 0. The number of benzene rings is 1. The second-order valence-electron chi connectivity index (χ2n) is 9.75. The van der Waals surface area contributed by atoms with Crippen LogP contribution in [0.1, 0.15) is 24.8 Å². The molecule has 6 rings (SSSR count). The number of piperidine rings is 1. The van der Waals surface area contributed by atoms with Crippen LogP contribution < -0.4 is 20.3 Å². The summed E-state index contributed by atoms with van der Waals surface area (Å²) >= 11 is 0. The second-order valence-corrected chi connectivity index (χ2v) is 9.75. The molecular weight excluding hydrogens is 525 g/mol. The zero-order valence-corrected chi connectivity index (χ0v) is 22.4. The molecule has 1 aromatic carbocycles. The first-order valence-corrected chi connectivity index (χ1v) is 13.3. The molecule has 1 aliphatic heterocycles. The van der Waals surface area contributed by atoms with Gasteiger partial charge in [0.15, 0.2) is 17.3 Å². The van der Waals surface area contributed by atoms with E-state index in [1.54, 1.807) is 41.9 Å². The van der Waals surface area contributed by atoms with Crippen LogP contribution in [0.5, 0.6) is 11.5 Å². The highest BCUT2D eigenvalue weighted by atomic mass is 19.1. The van der Waals surface area contributed by atoms with Crippen LogP contribution in [-0.2, 0) is 4.79 Å². The van der Waals surface area contributed by atoms with Gasteiger partial charge >= 0.3 is 0 Å². The first-order valence-electron chi connectivity index (χ1n) is 13.3. The lowest BCUT2D eigenvalue weighted by Crippen LogP contribution is -2.47. The fourth-order valence-corrected chi connectivity index (χ4v) is 4.98. The smallest absolute Gasteiger partial charge is 0.243 e. The van der Waals surface area contributed by atoms with Crippen LogP contribution in [0.3, 0.4) is 0 Å². The average Bonchev–Trinajstić information content (AvgIpc) is 3.48. The number of ether oxygens (including phenoxy) is 1. The monoisotopic (exact) mass is 553 g/mol. The van der Waals surface area contributed by atoms with Gasteiger partial charge < -0.3 is 20.3 Å². The Hall–Kier alpha value is -5.13. The van der Waals surface area contributed by atoms with E-state index in [1.807, 2.05) is 12.1 Å². The van der Waals surface area contributed by atoms with E-state index in [0.717, 1.165) is 31.6 Å². The van der Waals surface area contributed by atoms with Crippen molar-refractivity contribution in [2.75, 3.05) is 23.3 Å². The van der Waals surface area contributed by atoms with Gasteiger partial charge in [-0.1, -0.05) is 6.58 Å². The molecule has 5 heterocycles. The van der Waals surface area contributed by atoms with Gasteiger partial charge in [0.25, 0.3) is 0 Å². The van der Waals surface area contributed by atoms with E-state index in [0.29, 0.717) is 46.1 Å². The Balaban J connectivity index is 1.26. The van der Waals surface area contributed by atoms with Gasteiger partial charge in [0, 0.05) is 37.0 Å². The molecule has 0 saturated carbocycles. The van der Waals surface area contributed by atoms with Crippen molar-refractivity contribution < 1.29 is 13.9 Å². The van der Waals surface area contributed by atoms with Gasteiger partial charge in [-0.15, -0.1) is 0 Å². The quantitative estimate of drug-likeness (QED) is 0.263. The number of aromatic nitrogens is 6. The van der Waals surface area contributed by atoms with Crippen LogP contribution in [0.2, 0.25) is 0 Å². The third-order valence-corrected chi connectivity index (χ3v) is 7.16. The number of hydrogen-bond acceptors (Lipinski definition) is 9. The van der Waals surface area contributed by atoms with Crippen molar-refractivity contribution in [2.24, 2.45) is 0 Å². The number of anilines is 3. The molecular formula is C29H28FN9O2. The van der Waals surface area contributed by atoms with Gasteiger partial charge in [0.1, 0.15) is 35.5 Å². The molecule has 5 aromatic rings. The molecule has 0 radical (unpaired) electrons. The van der Waals surface area contributed by atoms with Crippen molar-refractivity contribution in [2.45, 2.75) is 32.2 Å². The first-order chi connectivity index (χ1) is 20.0. The zero-order chi connectivity index (χ0) is 28.3. The Labute approximate surface area is 235 Å². The fraction of sp³-hybridized carbons (Fsp3) is 0.241. The summed E-state index contributed by atoms with van der Waals surface area (Å²) < 4.78 is 23.1. The van der Waals surface area contributed by atoms with Gasteiger partial charge in [-0.2, -0.15) is 5.10 Å². The Morgan fingerprint density at radius 2 is 2.07 bits per heavy atom. The third kappa shape index (κ3) is 5.36. The minimum atomic E-state index is -0.469. The summed E-state index contributed by atoms with van der Waals surface area (Å²) in [6.45, 7) is 6.48.